The first kappa shape index (κ1) is 7.46. The maximum absolute atomic E-state index is 5.67. The van der Waals surface area contributed by atoms with Crippen molar-refractivity contribution in [2.45, 2.75) is 25.8 Å². The van der Waals surface area contributed by atoms with E-state index in [4.69, 9.17) is 10.5 Å². The van der Waals surface area contributed by atoms with Crippen molar-refractivity contribution >= 4 is 5.69 Å². The number of rotatable bonds is 0. The predicted octanol–water partition coefficient (Wildman–Crippen LogP) is 0.983. The summed E-state index contributed by atoms with van der Waals surface area (Å²) in [5.41, 5.74) is 6.33. The minimum Gasteiger partial charge on any atom is -0.476 e. The van der Waals surface area contributed by atoms with Gasteiger partial charge in [-0.3, -0.25) is 0 Å². The van der Waals surface area contributed by atoms with E-state index < -0.39 is 0 Å². The Morgan fingerprint density at radius 1 is 1.67 bits per heavy atom. The molecule has 0 spiro atoms. The number of hydrogen-bond acceptors (Lipinski definition) is 3. The molecule has 0 unspecified atom stereocenters. The SMILES string of the molecule is CC1(C)CCOc2c(N)cnn21. The second-order valence-corrected chi connectivity index (χ2v) is 3.73. The van der Waals surface area contributed by atoms with Crippen LogP contribution in [-0.4, -0.2) is 16.4 Å². The number of hydrogen-bond donors (Lipinski definition) is 1. The highest BCUT2D eigenvalue weighted by molar-refractivity contribution is 5.47. The fourth-order valence-electron chi connectivity index (χ4n) is 1.43. The summed E-state index contributed by atoms with van der Waals surface area (Å²) in [6.07, 6.45) is 2.61. The average Bonchev–Trinajstić information content (AvgIpc) is 2.33. The molecule has 1 aliphatic rings. The monoisotopic (exact) mass is 167 g/mol. The Kier molecular flexibility index (Phi) is 1.34. The van der Waals surface area contributed by atoms with Crippen LogP contribution in [0.5, 0.6) is 5.88 Å². The van der Waals surface area contributed by atoms with Crippen LogP contribution in [0.1, 0.15) is 20.3 Å². The molecule has 2 rings (SSSR count). The molecule has 2 heterocycles. The lowest BCUT2D eigenvalue weighted by Crippen LogP contribution is -2.34. The Morgan fingerprint density at radius 2 is 2.42 bits per heavy atom. The second kappa shape index (κ2) is 2.15. The van der Waals surface area contributed by atoms with Gasteiger partial charge in [-0.1, -0.05) is 0 Å². The molecular weight excluding hydrogens is 154 g/mol. The van der Waals surface area contributed by atoms with Crippen LogP contribution in [-0.2, 0) is 5.54 Å². The van der Waals surface area contributed by atoms with Crippen LogP contribution in [0.4, 0.5) is 5.69 Å². The zero-order valence-electron chi connectivity index (χ0n) is 7.37. The van der Waals surface area contributed by atoms with Gasteiger partial charge in [0.1, 0.15) is 5.69 Å². The van der Waals surface area contributed by atoms with Crippen molar-refractivity contribution in [2.75, 3.05) is 12.3 Å². The van der Waals surface area contributed by atoms with Gasteiger partial charge in [0.05, 0.1) is 18.3 Å². The Hall–Kier alpha value is -1.19. The summed E-state index contributed by atoms with van der Waals surface area (Å²) in [5.74, 6) is 0.714. The lowest BCUT2D eigenvalue weighted by molar-refractivity contribution is 0.139. The summed E-state index contributed by atoms with van der Waals surface area (Å²) in [5, 5.41) is 4.18. The molecule has 2 N–H and O–H groups in total. The number of nitrogens with two attached hydrogens (primary N) is 1. The van der Waals surface area contributed by atoms with Gasteiger partial charge in [-0.25, -0.2) is 4.68 Å². The van der Waals surface area contributed by atoms with Gasteiger partial charge in [-0.2, -0.15) is 5.10 Å². The van der Waals surface area contributed by atoms with Gasteiger partial charge in [0, 0.05) is 6.42 Å². The number of nitrogens with zero attached hydrogens (tertiary/aromatic N) is 2. The van der Waals surface area contributed by atoms with Gasteiger partial charge in [0.25, 0.3) is 0 Å². The zero-order valence-corrected chi connectivity index (χ0v) is 7.37. The van der Waals surface area contributed by atoms with E-state index in [-0.39, 0.29) is 5.54 Å². The van der Waals surface area contributed by atoms with Crippen molar-refractivity contribution in [3.63, 3.8) is 0 Å². The Bertz CT molecular complexity index is 303. The molecule has 0 amide bonds. The van der Waals surface area contributed by atoms with Crippen molar-refractivity contribution in [3.05, 3.63) is 6.20 Å². The van der Waals surface area contributed by atoms with E-state index >= 15 is 0 Å². The zero-order chi connectivity index (χ0) is 8.77. The van der Waals surface area contributed by atoms with E-state index in [0.29, 0.717) is 11.6 Å². The lowest BCUT2D eigenvalue weighted by atomic mass is 10.0. The largest absolute Gasteiger partial charge is 0.476 e. The molecule has 0 bridgehead atoms. The van der Waals surface area contributed by atoms with Crippen molar-refractivity contribution in [3.8, 4) is 5.88 Å². The third-order valence-electron chi connectivity index (χ3n) is 2.28. The maximum atomic E-state index is 5.67. The van der Waals surface area contributed by atoms with Gasteiger partial charge >= 0.3 is 0 Å². The number of ether oxygens (including phenoxy) is 1. The summed E-state index contributed by atoms with van der Waals surface area (Å²) in [7, 11) is 0. The average molecular weight is 167 g/mol. The lowest BCUT2D eigenvalue weighted by Gasteiger charge is -2.31. The van der Waals surface area contributed by atoms with Gasteiger partial charge in [-0.15, -0.1) is 0 Å². The summed E-state index contributed by atoms with van der Waals surface area (Å²) in [6, 6.07) is 0. The predicted molar refractivity (Wildman–Crippen MR) is 46.1 cm³/mol. The molecule has 66 valence electrons. The fourth-order valence-corrected chi connectivity index (χ4v) is 1.43. The number of nitrogen functional groups attached to an aromatic ring is 1. The molecule has 0 radical (unpaired) electrons. The van der Waals surface area contributed by atoms with Gasteiger partial charge in [0.2, 0.25) is 5.88 Å². The number of fused-ring (bicyclic) bond motifs is 1. The van der Waals surface area contributed by atoms with Crippen molar-refractivity contribution in [1.29, 1.82) is 0 Å². The standard InChI is InChI=1S/C8H13N3O/c1-8(2)3-4-12-7-6(9)5-10-11(7)8/h5H,3-4,9H2,1-2H3. The summed E-state index contributed by atoms with van der Waals surface area (Å²) < 4.78 is 7.26. The normalized spacial score (nSPS) is 19.8. The smallest absolute Gasteiger partial charge is 0.236 e. The van der Waals surface area contributed by atoms with E-state index in [2.05, 4.69) is 18.9 Å². The second-order valence-electron chi connectivity index (χ2n) is 3.73. The fraction of sp³-hybridized carbons (Fsp3) is 0.625. The summed E-state index contributed by atoms with van der Waals surface area (Å²) in [6.45, 7) is 4.99. The molecule has 1 aromatic heterocycles. The highest BCUT2D eigenvalue weighted by atomic mass is 16.5. The van der Waals surface area contributed by atoms with E-state index in [1.807, 2.05) is 4.68 Å². The van der Waals surface area contributed by atoms with Crippen LogP contribution < -0.4 is 10.5 Å². The highest BCUT2D eigenvalue weighted by Gasteiger charge is 2.30. The van der Waals surface area contributed by atoms with Crippen LogP contribution in [0.2, 0.25) is 0 Å². The van der Waals surface area contributed by atoms with Crippen molar-refractivity contribution in [2.24, 2.45) is 0 Å². The number of anilines is 1. The molecule has 0 aromatic carbocycles. The molecule has 0 saturated carbocycles. The summed E-state index contributed by atoms with van der Waals surface area (Å²) in [4.78, 5) is 0. The van der Waals surface area contributed by atoms with Crippen molar-refractivity contribution in [1.82, 2.24) is 9.78 Å². The van der Waals surface area contributed by atoms with Gasteiger partial charge in [-0.05, 0) is 13.8 Å². The molecule has 0 saturated heterocycles. The van der Waals surface area contributed by atoms with E-state index in [9.17, 15) is 0 Å². The van der Waals surface area contributed by atoms with Crippen molar-refractivity contribution < 1.29 is 4.74 Å². The first-order valence-corrected chi connectivity index (χ1v) is 4.08. The molecule has 0 aliphatic carbocycles. The first-order chi connectivity index (χ1) is 5.61. The van der Waals surface area contributed by atoms with Crippen LogP contribution >= 0.6 is 0 Å². The van der Waals surface area contributed by atoms with Gasteiger partial charge < -0.3 is 10.5 Å². The van der Waals surface area contributed by atoms with E-state index in [0.717, 1.165) is 13.0 Å². The minimum absolute atomic E-state index is 0.0329. The van der Waals surface area contributed by atoms with Crippen LogP contribution in [0.3, 0.4) is 0 Å². The molecule has 0 fully saturated rings. The number of aromatic nitrogens is 2. The maximum Gasteiger partial charge on any atom is 0.236 e. The molecule has 4 heteroatoms. The quantitative estimate of drug-likeness (QED) is 0.626. The first-order valence-electron chi connectivity index (χ1n) is 4.08. The third kappa shape index (κ3) is 0.873. The molecular formula is C8H13N3O. The third-order valence-corrected chi connectivity index (χ3v) is 2.28. The highest BCUT2D eigenvalue weighted by Crippen LogP contribution is 2.33. The Morgan fingerprint density at radius 3 is 3.08 bits per heavy atom. The van der Waals surface area contributed by atoms with Crippen LogP contribution in [0.25, 0.3) is 0 Å². The Labute approximate surface area is 71.3 Å². The molecule has 1 aliphatic heterocycles. The van der Waals surface area contributed by atoms with Crippen LogP contribution in [0.15, 0.2) is 6.20 Å². The minimum atomic E-state index is 0.0329. The van der Waals surface area contributed by atoms with E-state index in [1.165, 1.54) is 0 Å². The van der Waals surface area contributed by atoms with Crippen LogP contribution in [0, 0.1) is 0 Å². The Balaban J connectivity index is 2.53. The van der Waals surface area contributed by atoms with Gasteiger partial charge in [0.15, 0.2) is 0 Å². The van der Waals surface area contributed by atoms with E-state index in [1.54, 1.807) is 6.20 Å². The summed E-state index contributed by atoms with van der Waals surface area (Å²) >= 11 is 0. The molecule has 12 heavy (non-hydrogen) atoms. The topological polar surface area (TPSA) is 53.1 Å². The molecule has 4 nitrogen and oxygen atoms in total. The molecule has 0 atom stereocenters. The molecule has 1 aromatic rings.